The SMILES string of the molecule is Nc1c(CCC(=O)O)cnn1Cc1ccc(Cl)cc1. The molecule has 0 saturated carbocycles. The monoisotopic (exact) mass is 279 g/mol. The van der Waals surface area contributed by atoms with Crippen LogP contribution in [-0.4, -0.2) is 20.9 Å². The Labute approximate surface area is 115 Å². The van der Waals surface area contributed by atoms with Gasteiger partial charge in [-0.3, -0.25) is 4.79 Å². The number of aryl methyl sites for hydroxylation is 1. The smallest absolute Gasteiger partial charge is 0.303 e. The van der Waals surface area contributed by atoms with Gasteiger partial charge in [-0.05, 0) is 24.1 Å². The Balaban J connectivity index is 2.09. The third-order valence-electron chi connectivity index (χ3n) is 2.81. The van der Waals surface area contributed by atoms with Crippen molar-refractivity contribution in [1.29, 1.82) is 0 Å². The molecule has 0 bridgehead atoms. The van der Waals surface area contributed by atoms with Crippen molar-refractivity contribution in [3.8, 4) is 0 Å². The summed E-state index contributed by atoms with van der Waals surface area (Å²) in [6.07, 6.45) is 2.06. The lowest BCUT2D eigenvalue weighted by molar-refractivity contribution is -0.136. The molecule has 0 radical (unpaired) electrons. The molecule has 1 heterocycles. The van der Waals surface area contributed by atoms with Crippen LogP contribution in [0.25, 0.3) is 0 Å². The van der Waals surface area contributed by atoms with Crippen LogP contribution in [0.3, 0.4) is 0 Å². The topological polar surface area (TPSA) is 81.1 Å². The molecule has 3 N–H and O–H groups in total. The van der Waals surface area contributed by atoms with Crippen LogP contribution in [0, 0.1) is 0 Å². The molecule has 0 aliphatic carbocycles. The summed E-state index contributed by atoms with van der Waals surface area (Å²) >= 11 is 5.82. The fourth-order valence-corrected chi connectivity index (χ4v) is 1.88. The second kappa shape index (κ2) is 5.75. The van der Waals surface area contributed by atoms with Gasteiger partial charge < -0.3 is 10.8 Å². The first kappa shape index (κ1) is 13.4. The van der Waals surface area contributed by atoms with Gasteiger partial charge in [0.15, 0.2) is 0 Å². The zero-order chi connectivity index (χ0) is 13.8. The van der Waals surface area contributed by atoms with Gasteiger partial charge in [0.25, 0.3) is 0 Å². The maximum atomic E-state index is 10.5. The Morgan fingerprint density at radius 2 is 2.05 bits per heavy atom. The molecule has 0 spiro atoms. The normalized spacial score (nSPS) is 10.6. The first-order valence-electron chi connectivity index (χ1n) is 5.82. The molecule has 2 aromatic rings. The number of aliphatic carboxylic acids is 1. The fraction of sp³-hybridized carbons (Fsp3) is 0.231. The lowest BCUT2D eigenvalue weighted by Gasteiger charge is -2.05. The minimum absolute atomic E-state index is 0.0524. The van der Waals surface area contributed by atoms with Crippen molar-refractivity contribution >= 4 is 23.4 Å². The van der Waals surface area contributed by atoms with Crippen LogP contribution >= 0.6 is 11.6 Å². The first-order valence-corrected chi connectivity index (χ1v) is 6.20. The number of carboxylic acids is 1. The lowest BCUT2D eigenvalue weighted by atomic mass is 10.2. The molecule has 0 fully saturated rings. The molecule has 6 heteroatoms. The molecule has 2 rings (SSSR count). The van der Waals surface area contributed by atoms with Gasteiger partial charge in [0, 0.05) is 17.0 Å². The number of nitrogens with two attached hydrogens (primary N) is 1. The number of halogens is 1. The zero-order valence-electron chi connectivity index (χ0n) is 10.2. The minimum atomic E-state index is -0.843. The highest BCUT2D eigenvalue weighted by Gasteiger charge is 2.09. The number of rotatable bonds is 5. The number of hydrogen-bond donors (Lipinski definition) is 2. The molecule has 0 unspecified atom stereocenters. The van der Waals surface area contributed by atoms with E-state index in [1.807, 2.05) is 24.3 Å². The van der Waals surface area contributed by atoms with E-state index >= 15 is 0 Å². The van der Waals surface area contributed by atoms with Gasteiger partial charge in [-0.15, -0.1) is 0 Å². The average Bonchev–Trinajstić information content (AvgIpc) is 2.71. The molecule has 5 nitrogen and oxygen atoms in total. The van der Waals surface area contributed by atoms with Crippen molar-refractivity contribution in [2.24, 2.45) is 0 Å². The number of carboxylic acid groups (broad SMARTS) is 1. The van der Waals surface area contributed by atoms with E-state index < -0.39 is 5.97 Å². The van der Waals surface area contributed by atoms with Crippen molar-refractivity contribution in [1.82, 2.24) is 9.78 Å². The van der Waals surface area contributed by atoms with Crippen LogP contribution in [0.15, 0.2) is 30.5 Å². The number of carbonyl (C=O) groups is 1. The molecule has 0 atom stereocenters. The summed E-state index contributed by atoms with van der Waals surface area (Å²) in [6, 6.07) is 7.42. The summed E-state index contributed by atoms with van der Waals surface area (Å²) in [5.74, 6) is -0.332. The number of nitrogens with zero attached hydrogens (tertiary/aromatic N) is 2. The van der Waals surface area contributed by atoms with Gasteiger partial charge in [0.2, 0.25) is 0 Å². The van der Waals surface area contributed by atoms with Gasteiger partial charge in [-0.2, -0.15) is 5.10 Å². The van der Waals surface area contributed by atoms with E-state index in [1.165, 1.54) is 0 Å². The highest BCUT2D eigenvalue weighted by molar-refractivity contribution is 6.30. The number of hydrogen-bond acceptors (Lipinski definition) is 3. The highest BCUT2D eigenvalue weighted by atomic mass is 35.5. The number of nitrogen functional groups attached to an aromatic ring is 1. The van der Waals surface area contributed by atoms with E-state index in [9.17, 15) is 4.79 Å². The average molecular weight is 280 g/mol. The number of benzene rings is 1. The van der Waals surface area contributed by atoms with Crippen molar-refractivity contribution in [2.45, 2.75) is 19.4 Å². The lowest BCUT2D eigenvalue weighted by Crippen LogP contribution is -2.07. The van der Waals surface area contributed by atoms with Crippen molar-refractivity contribution in [3.05, 3.63) is 46.6 Å². The predicted molar refractivity (Wildman–Crippen MR) is 73.2 cm³/mol. The van der Waals surface area contributed by atoms with Crippen molar-refractivity contribution in [3.63, 3.8) is 0 Å². The van der Waals surface area contributed by atoms with Crippen LogP contribution < -0.4 is 5.73 Å². The molecular weight excluding hydrogens is 266 g/mol. The summed E-state index contributed by atoms with van der Waals surface area (Å²) in [5.41, 5.74) is 7.74. The first-order chi connectivity index (χ1) is 9.06. The standard InChI is InChI=1S/C13H14ClN3O2/c14-11-4-1-9(2-5-11)8-17-13(15)10(7-16-17)3-6-12(18)19/h1-2,4-5,7H,3,6,8,15H2,(H,18,19). The Hall–Kier alpha value is -2.01. The fourth-order valence-electron chi connectivity index (χ4n) is 1.76. The van der Waals surface area contributed by atoms with Gasteiger partial charge in [0.1, 0.15) is 5.82 Å². The van der Waals surface area contributed by atoms with E-state index in [2.05, 4.69) is 5.10 Å². The molecule has 0 aliphatic heterocycles. The highest BCUT2D eigenvalue weighted by Crippen LogP contribution is 2.16. The second-order valence-corrected chi connectivity index (χ2v) is 4.67. The largest absolute Gasteiger partial charge is 0.481 e. The Morgan fingerprint density at radius 3 is 2.68 bits per heavy atom. The third kappa shape index (κ3) is 3.48. The number of aromatic nitrogens is 2. The van der Waals surface area contributed by atoms with Gasteiger partial charge in [-0.25, -0.2) is 4.68 Å². The number of anilines is 1. The molecule has 0 saturated heterocycles. The molecule has 100 valence electrons. The molecule has 1 aromatic heterocycles. The van der Waals surface area contributed by atoms with Crippen LogP contribution in [0.4, 0.5) is 5.82 Å². The Morgan fingerprint density at radius 1 is 1.37 bits per heavy atom. The summed E-state index contributed by atoms with van der Waals surface area (Å²) in [6.45, 7) is 0.538. The Bertz CT molecular complexity index is 578. The van der Waals surface area contributed by atoms with Gasteiger partial charge in [-0.1, -0.05) is 23.7 Å². The summed E-state index contributed by atoms with van der Waals surface area (Å²) < 4.78 is 1.65. The van der Waals surface area contributed by atoms with E-state index in [1.54, 1.807) is 10.9 Å². The van der Waals surface area contributed by atoms with E-state index in [0.717, 1.165) is 11.1 Å². The maximum absolute atomic E-state index is 10.5. The van der Waals surface area contributed by atoms with Crippen molar-refractivity contribution in [2.75, 3.05) is 5.73 Å². The second-order valence-electron chi connectivity index (χ2n) is 4.23. The maximum Gasteiger partial charge on any atom is 0.303 e. The van der Waals surface area contributed by atoms with E-state index in [-0.39, 0.29) is 6.42 Å². The summed E-state index contributed by atoms with van der Waals surface area (Å²) in [4.78, 5) is 10.5. The third-order valence-corrected chi connectivity index (χ3v) is 3.07. The molecular formula is C13H14ClN3O2. The Kier molecular flexibility index (Phi) is 4.06. The van der Waals surface area contributed by atoms with Crippen LogP contribution in [0.2, 0.25) is 5.02 Å². The molecule has 0 aliphatic rings. The van der Waals surface area contributed by atoms with E-state index in [4.69, 9.17) is 22.4 Å². The minimum Gasteiger partial charge on any atom is -0.481 e. The van der Waals surface area contributed by atoms with Crippen LogP contribution in [0.5, 0.6) is 0 Å². The zero-order valence-corrected chi connectivity index (χ0v) is 11.0. The van der Waals surface area contributed by atoms with Gasteiger partial charge >= 0.3 is 5.97 Å². The summed E-state index contributed by atoms with van der Waals surface area (Å²) in [5, 5.41) is 13.5. The predicted octanol–water partition coefficient (Wildman–Crippen LogP) is 2.18. The quantitative estimate of drug-likeness (QED) is 0.879. The molecule has 0 amide bonds. The van der Waals surface area contributed by atoms with Crippen LogP contribution in [0.1, 0.15) is 17.5 Å². The molecule has 19 heavy (non-hydrogen) atoms. The van der Waals surface area contributed by atoms with Crippen LogP contribution in [-0.2, 0) is 17.8 Å². The van der Waals surface area contributed by atoms with Crippen molar-refractivity contribution < 1.29 is 9.90 Å². The van der Waals surface area contributed by atoms with Gasteiger partial charge in [0.05, 0.1) is 12.7 Å². The summed E-state index contributed by atoms with van der Waals surface area (Å²) in [7, 11) is 0. The van der Waals surface area contributed by atoms with E-state index in [0.29, 0.717) is 23.8 Å². The molecule has 1 aromatic carbocycles.